The van der Waals surface area contributed by atoms with Gasteiger partial charge in [-0.25, -0.2) is 9.37 Å². The molecule has 6 aromatic rings. The Bertz CT molecular complexity index is 2320. The normalized spacial score (nSPS) is 24.4. The van der Waals surface area contributed by atoms with E-state index in [0.29, 0.717) is 69.0 Å². The van der Waals surface area contributed by atoms with Crippen molar-refractivity contribution < 1.29 is 36.6 Å². The molecular formula is C36H35F4N7O4S. The number of benzene rings is 1. The minimum Gasteiger partial charge on any atom is -0.472 e. The van der Waals surface area contributed by atoms with Gasteiger partial charge < -0.3 is 23.9 Å². The van der Waals surface area contributed by atoms with E-state index < -0.39 is 29.1 Å². The van der Waals surface area contributed by atoms with E-state index >= 15 is 13.2 Å². The average Bonchev–Trinajstić information content (AvgIpc) is 3.91. The van der Waals surface area contributed by atoms with Crippen LogP contribution in [0.4, 0.5) is 23.4 Å². The molecule has 3 atom stereocenters. The second-order valence-electron chi connectivity index (χ2n) is 14.5. The molecule has 0 bridgehead atoms. The van der Waals surface area contributed by atoms with E-state index in [2.05, 4.69) is 15.1 Å². The van der Waals surface area contributed by atoms with Gasteiger partial charge in [-0.1, -0.05) is 0 Å². The summed E-state index contributed by atoms with van der Waals surface area (Å²) in [4.78, 5) is 19.2. The van der Waals surface area contributed by atoms with E-state index in [1.54, 1.807) is 13.0 Å². The molecule has 0 radical (unpaired) electrons. The highest BCUT2D eigenvalue weighted by atomic mass is 32.1. The van der Waals surface area contributed by atoms with Gasteiger partial charge in [-0.05, 0) is 57.0 Å². The fraction of sp³-hybridized carbons (Fsp3) is 0.444. The van der Waals surface area contributed by atoms with E-state index in [1.807, 2.05) is 11.0 Å². The number of alkyl halides is 4. The molecule has 3 aliphatic heterocycles. The number of H-pyrrole nitrogens is 1. The molecule has 0 unspecified atom stereocenters. The molecule has 3 saturated heterocycles. The quantitative estimate of drug-likeness (QED) is 0.174. The first-order valence-electron chi connectivity index (χ1n) is 17.2. The topological polar surface area (TPSA) is 126 Å². The highest BCUT2D eigenvalue weighted by Gasteiger charge is 2.49. The zero-order chi connectivity index (χ0) is 36.0. The number of β-amino-alcohol motifs (C(OH)–C–C–N with tert-alkyl or cyclic N) is 1. The number of anilines is 1. The van der Waals surface area contributed by atoms with Gasteiger partial charge in [0.2, 0.25) is 0 Å². The Morgan fingerprint density at radius 2 is 2.04 bits per heavy atom. The number of nitrogens with one attached hydrogen (secondary N) is 1. The molecular weight excluding hydrogens is 703 g/mol. The van der Waals surface area contributed by atoms with Crippen LogP contribution >= 0.6 is 11.3 Å². The summed E-state index contributed by atoms with van der Waals surface area (Å²) in [6.45, 7) is 5.42. The summed E-state index contributed by atoms with van der Waals surface area (Å²) in [5.74, 6) is 0.441. The summed E-state index contributed by atoms with van der Waals surface area (Å²) in [5.41, 5.74) is -1.05. The average molecular weight is 738 g/mol. The highest BCUT2D eigenvalue weighted by Crippen LogP contribution is 2.49. The van der Waals surface area contributed by atoms with E-state index in [-0.39, 0.29) is 48.0 Å². The van der Waals surface area contributed by atoms with Crippen LogP contribution in [0.3, 0.4) is 0 Å². The molecule has 3 aliphatic rings. The third-order valence-electron chi connectivity index (χ3n) is 10.5. The monoisotopic (exact) mass is 737 g/mol. The fourth-order valence-electron chi connectivity index (χ4n) is 8.33. The minimum atomic E-state index is -4.71. The Morgan fingerprint density at radius 3 is 2.85 bits per heavy atom. The van der Waals surface area contributed by atoms with Crippen LogP contribution in [0.1, 0.15) is 37.3 Å². The number of halogens is 4. The van der Waals surface area contributed by atoms with Crippen LogP contribution < -0.4 is 9.64 Å². The van der Waals surface area contributed by atoms with Gasteiger partial charge >= 0.3 is 12.2 Å². The number of hydrogen-bond acceptors (Lipinski definition) is 11. The fourth-order valence-corrected chi connectivity index (χ4v) is 9.46. The van der Waals surface area contributed by atoms with Gasteiger partial charge in [0.15, 0.2) is 0 Å². The molecule has 52 heavy (non-hydrogen) atoms. The summed E-state index contributed by atoms with van der Waals surface area (Å²) in [5, 5.41) is 19.6. The van der Waals surface area contributed by atoms with Crippen LogP contribution in [0.5, 0.6) is 6.01 Å². The molecule has 11 nitrogen and oxygen atoms in total. The minimum absolute atomic E-state index is 0.0229. The molecule has 16 heteroatoms. The number of pyridine rings is 1. The Balaban J connectivity index is 1.31. The van der Waals surface area contributed by atoms with Crippen molar-refractivity contribution in [3.63, 3.8) is 0 Å². The SMILES string of the molecule is Cc1cc2[nH]ncc2c(-c2nc(-c3ccoc3)cc3c2sc2nc(OC[C@@]45CCCN4C[C@H](F)C5)nc(N4CCOC[C@@](C)(O)C4)c23)c1C(F)(F)F. The third-order valence-corrected chi connectivity index (χ3v) is 11.6. The van der Waals surface area contributed by atoms with Crippen LogP contribution in [0.2, 0.25) is 0 Å². The van der Waals surface area contributed by atoms with Gasteiger partial charge in [-0.3, -0.25) is 10.00 Å². The number of aromatic nitrogens is 5. The second kappa shape index (κ2) is 12.1. The lowest BCUT2D eigenvalue weighted by Gasteiger charge is -2.31. The van der Waals surface area contributed by atoms with Gasteiger partial charge in [-0.2, -0.15) is 28.2 Å². The number of fused-ring (bicyclic) bond motifs is 5. The van der Waals surface area contributed by atoms with Crippen molar-refractivity contribution in [1.82, 2.24) is 30.0 Å². The van der Waals surface area contributed by atoms with Crippen molar-refractivity contribution in [3.05, 3.63) is 48.0 Å². The van der Waals surface area contributed by atoms with Crippen LogP contribution in [0.15, 0.2) is 41.3 Å². The van der Waals surface area contributed by atoms with Gasteiger partial charge in [0, 0.05) is 41.4 Å². The number of nitrogens with zero attached hydrogens (tertiary/aromatic N) is 6. The summed E-state index contributed by atoms with van der Waals surface area (Å²) in [6.07, 6.45) is 0.808. The largest absolute Gasteiger partial charge is 0.472 e. The van der Waals surface area contributed by atoms with Crippen molar-refractivity contribution in [1.29, 1.82) is 0 Å². The Morgan fingerprint density at radius 1 is 1.17 bits per heavy atom. The maximum Gasteiger partial charge on any atom is 0.417 e. The predicted molar refractivity (Wildman–Crippen MR) is 187 cm³/mol. The van der Waals surface area contributed by atoms with Gasteiger partial charge in [0.1, 0.15) is 29.0 Å². The first-order chi connectivity index (χ1) is 24.9. The maximum absolute atomic E-state index is 15.0. The predicted octanol–water partition coefficient (Wildman–Crippen LogP) is 6.91. The lowest BCUT2D eigenvalue weighted by atomic mass is 9.94. The van der Waals surface area contributed by atoms with Crippen LogP contribution in [-0.4, -0.2) is 98.5 Å². The second-order valence-corrected chi connectivity index (χ2v) is 15.5. The lowest BCUT2D eigenvalue weighted by molar-refractivity contribution is -0.137. The zero-order valence-corrected chi connectivity index (χ0v) is 29.2. The summed E-state index contributed by atoms with van der Waals surface area (Å²) >= 11 is 1.19. The molecule has 0 spiro atoms. The van der Waals surface area contributed by atoms with Gasteiger partial charge in [0.25, 0.3) is 0 Å². The van der Waals surface area contributed by atoms with Gasteiger partial charge in [0.05, 0.1) is 76.6 Å². The molecule has 0 aliphatic carbocycles. The molecule has 8 heterocycles. The van der Waals surface area contributed by atoms with E-state index in [9.17, 15) is 9.50 Å². The van der Waals surface area contributed by atoms with Crippen LogP contribution in [0, 0.1) is 6.92 Å². The van der Waals surface area contributed by atoms with Gasteiger partial charge in [-0.15, -0.1) is 11.3 Å². The van der Waals surface area contributed by atoms with Crippen molar-refractivity contribution in [2.45, 2.75) is 56.6 Å². The first kappa shape index (κ1) is 33.5. The number of rotatable bonds is 6. The number of hydrogen-bond donors (Lipinski definition) is 2. The standard InChI is InChI=1S/C36H35F4N7O4S/c1-19-10-25-23(13-41-45-25)26(28(19)36(38,39)40)29-30-22(11-24(42-29)20-4-8-49-15-20)27-31(46-7-9-50-17-34(2,48)16-46)43-33(44-32(27)52-30)51-18-35-5-3-6-47(35)14-21(37)12-35/h4,8,10-11,13,15,21,48H,3,5-7,9,12,14,16-18H2,1-2H3,(H,41,45)/t21-,34+,35+/m1/s1. The Hall–Kier alpha value is -4.38. The summed E-state index contributed by atoms with van der Waals surface area (Å²) in [6, 6.07) is 5.02. The third kappa shape index (κ3) is 5.58. The molecule has 0 amide bonds. The van der Waals surface area contributed by atoms with Crippen LogP contribution in [0.25, 0.3) is 53.7 Å². The van der Waals surface area contributed by atoms with E-state index in [4.69, 9.17) is 28.8 Å². The van der Waals surface area contributed by atoms with Crippen LogP contribution in [-0.2, 0) is 10.9 Å². The van der Waals surface area contributed by atoms with Crippen molar-refractivity contribution in [2.24, 2.45) is 0 Å². The number of ether oxygens (including phenoxy) is 2. The van der Waals surface area contributed by atoms with E-state index in [1.165, 1.54) is 43.1 Å². The summed E-state index contributed by atoms with van der Waals surface area (Å²) < 4.78 is 77.6. The van der Waals surface area contributed by atoms with E-state index in [0.717, 1.165) is 19.4 Å². The van der Waals surface area contributed by atoms with Crippen molar-refractivity contribution in [3.8, 4) is 28.5 Å². The van der Waals surface area contributed by atoms with Crippen molar-refractivity contribution >= 4 is 48.4 Å². The number of aliphatic hydroxyl groups is 1. The van der Waals surface area contributed by atoms with Crippen molar-refractivity contribution in [2.75, 3.05) is 50.9 Å². The maximum atomic E-state index is 15.0. The lowest BCUT2D eigenvalue weighted by Crippen LogP contribution is -2.43. The highest BCUT2D eigenvalue weighted by molar-refractivity contribution is 7.26. The Labute approximate surface area is 298 Å². The number of furan rings is 1. The zero-order valence-electron chi connectivity index (χ0n) is 28.4. The molecule has 5 aromatic heterocycles. The molecule has 0 saturated carbocycles. The number of aromatic amines is 1. The first-order valence-corrected chi connectivity index (χ1v) is 18.0. The smallest absolute Gasteiger partial charge is 0.417 e. The molecule has 3 fully saturated rings. The molecule has 272 valence electrons. The number of aryl methyl sites for hydroxylation is 1. The Kier molecular flexibility index (Phi) is 7.77. The molecule has 9 rings (SSSR count). The summed E-state index contributed by atoms with van der Waals surface area (Å²) in [7, 11) is 0. The molecule has 1 aromatic carbocycles. The molecule has 2 N–H and O–H groups in total. The number of thiophene rings is 1.